The van der Waals surface area contributed by atoms with E-state index in [4.69, 9.17) is 4.74 Å². The number of esters is 1. The lowest BCUT2D eigenvalue weighted by molar-refractivity contribution is -0.136. The third-order valence-corrected chi connectivity index (χ3v) is 3.85. The van der Waals surface area contributed by atoms with Gasteiger partial charge in [0.2, 0.25) is 0 Å². The highest BCUT2D eigenvalue weighted by Crippen LogP contribution is 2.30. The van der Waals surface area contributed by atoms with Crippen LogP contribution in [0.25, 0.3) is 6.08 Å². The van der Waals surface area contributed by atoms with E-state index in [1.54, 1.807) is 18.2 Å². The maximum atomic E-state index is 13.4. The monoisotopic (exact) mass is 339 g/mol. The summed E-state index contributed by atoms with van der Waals surface area (Å²) in [6.45, 7) is -0.148. The van der Waals surface area contributed by atoms with E-state index in [2.05, 4.69) is 0 Å². The van der Waals surface area contributed by atoms with Crippen LogP contribution in [0.2, 0.25) is 0 Å². The first-order valence-electron chi connectivity index (χ1n) is 7.51. The SMILES string of the molecule is COC(=O)/C(=C/c1ccccc1)CN1C(=O)C(=O)c2cc(F)ccc21. The summed E-state index contributed by atoms with van der Waals surface area (Å²) in [5.74, 6) is -2.81. The van der Waals surface area contributed by atoms with Crippen LogP contribution in [-0.4, -0.2) is 31.3 Å². The average Bonchev–Trinajstić information content (AvgIpc) is 2.86. The van der Waals surface area contributed by atoms with Crippen molar-refractivity contribution in [2.24, 2.45) is 0 Å². The molecule has 0 saturated carbocycles. The van der Waals surface area contributed by atoms with Crippen LogP contribution in [0.3, 0.4) is 0 Å². The number of Topliss-reactive ketones (excluding diaryl/α,β-unsaturated/α-hetero) is 1. The fourth-order valence-electron chi connectivity index (χ4n) is 2.65. The van der Waals surface area contributed by atoms with Gasteiger partial charge >= 0.3 is 5.97 Å². The fraction of sp³-hybridized carbons (Fsp3) is 0.105. The zero-order valence-electron chi connectivity index (χ0n) is 13.4. The number of rotatable bonds is 4. The van der Waals surface area contributed by atoms with E-state index >= 15 is 0 Å². The number of methoxy groups -OCH3 is 1. The van der Waals surface area contributed by atoms with Crippen molar-refractivity contribution in [3.8, 4) is 0 Å². The lowest BCUT2D eigenvalue weighted by Gasteiger charge is -2.17. The van der Waals surface area contributed by atoms with Crippen molar-refractivity contribution in [1.82, 2.24) is 0 Å². The van der Waals surface area contributed by atoms with Crippen LogP contribution in [-0.2, 0) is 14.3 Å². The number of hydrogen-bond donors (Lipinski definition) is 0. The molecule has 3 rings (SSSR count). The standard InChI is InChI=1S/C19H14FNO4/c1-25-19(24)13(9-12-5-3-2-4-6-12)11-21-16-8-7-14(20)10-15(16)17(22)18(21)23/h2-10H,11H2,1H3/b13-9+. The van der Waals surface area contributed by atoms with Crippen LogP contribution < -0.4 is 4.90 Å². The van der Waals surface area contributed by atoms with E-state index in [1.165, 1.54) is 13.2 Å². The van der Waals surface area contributed by atoms with Crippen molar-refractivity contribution in [3.05, 3.63) is 71.0 Å². The first kappa shape index (κ1) is 16.6. The fourth-order valence-corrected chi connectivity index (χ4v) is 2.65. The second-order valence-corrected chi connectivity index (χ2v) is 5.45. The van der Waals surface area contributed by atoms with Gasteiger partial charge in [0.1, 0.15) is 5.82 Å². The Balaban J connectivity index is 1.98. The van der Waals surface area contributed by atoms with Crippen LogP contribution in [0.1, 0.15) is 15.9 Å². The number of carbonyl (C=O) groups excluding carboxylic acids is 3. The zero-order valence-corrected chi connectivity index (χ0v) is 13.4. The molecule has 1 amide bonds. The number of amides is 1. The minimum absolute atomic E-state index is 0.00562. The van der Waals surface area contributed by atoms with Gasteiger partial charge < -0.3 is 9.64 Å². The predicted molar refractivity (Wildman–Crippen MR) is 89.5 cm³/mol. The number of ketones is 1. The summed E-state index contributed by atoms with van der Waals surface area (Å²) >= 11 is 0. The summed E-state index contributed by atoms with van der Waals surface area (Å²) in [6.07, 6.45) is 1.59. The van der Waals surface area contributed by atoms with Gasteiger partial charge in [-0.25, -0.2) is 9.18 Å². The zero-order chi connectivity index (χ0) is 18.0. The largest absolute Gasteiger partial charge is 0.466 e. The number of anilines is 1. The van der Waals surface area contributed by atoms with Gasteiger partial charge in [0, 0.05) is 0 Å². The normalized spacial score (nSPS) is 13.8. The first-order valence-corrected chi connectivity index (χ1v) is 7.51. The van der Waals surface area contributed by atoms with Crippen molar-refractivity contribution in [3.63, 3.8) is 0 Å². The van der Waals surface area contributed by atoms with Crippen LogP contribution >= 0.6 is 0 Å². The molecule has 0 atom stereocenters. The Morgan fingerprint density at radius 1 is 1.16 bits per heavy atom. The Morgan fingerprint density at radius 3 is 2.56 bits per heavy atom. The summed E-state index contributed by atoms with van der Waals surface area (Å²) in [5, 5.41) is 0. The summed E-state index contributed by atoms with van der Waals surface area (Å²) in [7, 11) is 1.24. The molecule has 0 fully saturated rings. The van der Waals surface area contributed by atoms with Gasteiger partial charge in [-0.15, -0.1) is 0 Å². The van der Waals surface area contributed by atoms with Crippen molar-refractivity contribution >= 4 is 29.4 Å². The molecule has 0 spiro atoms. The van der Waals surface area contributed by atoms with Crippen LogP contribution in [0.5, 0.6) is 0 Å². The van der Waals surface area contributed by atoms with Gasteiger partial charge in [0.05, 0.1) is 30.5 Å². The number of ether oxygens (including phenoxy) is 1. The molecule has 1 aliphatic heterocycles. The van der Waals surface area contributed by atoms with Crippen LogP contribution in [0.15, 0.2) is 54.1 Å². The quantitative estimate of drug-likeness (QED) is 0.488. The van der Waals surface area contributed by atoms with Gasteiger partial charge in [-0.3, -0.25) is 9.59 Å². The van der Waals surface area contributed by atoms with Crippen molar-refractivity contribution in [1.29, 1.82) is 0 Å². The molecule has 0 aromatic heterocycles. The lowest BCUT2D eigenvalue weighted by atomic mass is 10.1. The predicted octanol–water partition coefficient (Wildman–Crippen LogP) is 2.61. The summed E-state index contributed by atoms with van der Waals surface area (Å²) < 4.78 is 18.1. The molecule has 1 aliphatic rings. The van der Waals surface area contributed by atoms with Crippen molar-refractivity contribution in [2.45, 2.75) is 0 Å². The maximum Gasteiger partial charge on any atom is 0.335 e. The minimum Gasteiger partial charge on any atom is -0.466 e. The van der Waals surface area contributed by atoms with Crippen LogP contribution in [0, 0.1) is 5.82 Å². The molecule has 0 saturated heterocycles. The van der Waals surface area contributed by atoms with Gasteiger partial charge in [-0.1, -0.05) is 30.3 Å². The van der Waals surface area contributed by atoms with E-state index < -0.39 is 23.5 Å². The molecule has 0 N–H and O–H groups in total. The topological polar surface area (TPSA) is 63.7 Å². The second-order valence-electron chi connectivity index (χ2n) is 5.45. The Morgan fingerprint density at radius 2 is 1.88 bits per heavy atom. The van der Waals surface area contributed by atoms with E-state index in [0.717, 1.165) is 22.6 Å². The Hall–Kier alpha value is -3.28. The minimum atomic E-state index is -0.802. The van der Waals surface area contributed by atoms with Gasteiger partial charge in [0.25, 0.3) is 11.7 Å². The van der Waals surface area contributed by atoms with E-state index in [0.29, 0.717) is 0 Å². The molecular weight excluding hydrogens is 325 g/mol. The lowest BCUT2D eigenvalue weighted by Crippen LogP contribution is -2.33. The molecule has 5 nitrogen and oxygen atoms in total. The number of hydrogen-bond acceptors (Lipinski definition) is 4. The number of benzene rings is 2. The highest BCUT2D eigenvalue weighted by atomic mass is 19.1. The van der Waals surface area contributed by atoms with E-state index in [1.807, 2.05) is 18.2 Å². The van der Waals surface area contributed by atoms with Crippen LogP contribution in [0.4, 0.5) is 10.1 Å². The van der Waals surface area contributed by atoms with Crippen molar-refractivity contribution in [2.75, 3.05) is 18.6 Å². The smallest absolute Gasteiger partial charge is 0.335 e. The Labute approximate surface area is 143 Å². The molecule has 2 aromatic carbocycles. The highest BCUT2D eigenvalue weighted by Gasteiger charge is 2.37. The Bertz CT molecular complexity index is 890. The number of carbonyl (C=O) groups is 3. The van der Waals surface area contributed by atoms with Gasteiger partial charge in [0.15, 0.2) is 0 Å². The molecule has 25 heavy (non-hydrogen) atoms. The molecule has 0 unspecified atom stereocenters. The van der Waals surface area contributed by atoms with Gasteiger partial charge in [-0.2, -0.15) is 0 Å². The summed E-state index contributed by atoms with van der Waals surface area (Å²) in [4.78, 5) is 37.5. The highest BCUT2D eigenvalue weighted by molar-refractivity contribution is 6.52. The summed E-state index contributed by atoms with van der Waals surface area (Å²) in [6, 6.07) is 12.6. The van der Waals surface area contributed by atoms with Gasteiger partial charge in [-0.05, 0) is 29.8 Å². The average molecular weight is 339 g/mol. The molecule has 0 radical (unpaired) electrons. The second kappa shape index (κ2) is 6.68. The number of halogens is 1. The van der Waals surface area contributed by atoms with E-state index in [9.17, 15) is 18.8 Å². The number of fused-ring (bicyclic) bond motifs is 1. The summed E-state index contributed by atoms with van der Waals surface area (Å²) in [5.41, 5.74) is 1.22. The third-order valence-electron chi connectivity index (χ3n) is 3.85. The first-order chi connectivity index (χ1) is 12.0. The Kier molecular flexibility index (Phi) is 4.43. The molecule has 0 aliphatic carbocycles. The molecule has 126 valence electrons. The molecule has 1 heterocycles. The molecule has 0 bridgehead atoms. The molecule has 6 heteroatoms. The van der Waals surface area contributed by atoms with Crippen molar-refractivity contribution < 1.29 is 23.5 Å². The molecular formula is C19H14FNO4. The van der Waals surface area contributed by atoms with E-state index in [-0.39, 0.29) is 23.4 Å². The maximum absolute atomic E-state index is 13.4. The molecule has 2 aromatic rings. The third kappa shape index (κ3) is 3.19. The number of nitrogens with zero attached hydrogens (tertiary/aromatic N) is 1.